The van der Waals surface area contributed by atoms with Gasteiger partial charge in [-0.05, 0) is 26.4 Å². The van der Waals surface area contributed by atoms with Gasteiger partial charge in [0, 0.05) is 44.8 Å². The lowest BCUT2D eigenvalue weighted by atomic mass is 10.0. The van der Waals surface area contributed by atoms with Crippen molar-refractivity contribution in [3.05, 3.63) is 0 Å². The van der Waals surface area contributed by atoms with E-state index in [4.69, 9.17) is 5.73 Å². The van der Waals surface area contributed by atoms with Crippen LogP contribution in [-0.2, 0) is 0 Å². The summed E-state index contributed by atoms with van der Waals surface area (Å²) in [5.74, 6) is 0. The second-order valence-electron chi connectivity index (χ2n) is 4.86. The Hall–Kier alpha value is -0.200. The monoisotopic (exact) mass is 229 g/mol. The number of hydrogen-bond donors (Lipinski definition) is 5. The number of rotatable bonds is 0. The largest absolute Gasteiger partial charge is 0.323 e. The van der Waals surface area contributed by atoms with Crippen LogP contribution in [0.25, 0.3) is 0 Å². The molecule has 96 valence electrons. The van der Waals surface area contributed by atoms with Gasteiger partial charge in [0.25, 0.3) is 0 Å². The summed E-state index contributed by atoms with van der Waals surface area (Å²) in [6.45, 7) is 9.97. The summed E-state index contributed by atoms with van der Waals surface area (Å²) in [7, 11) is 0. The van der Waals surface area contributed by atoms with E-state index in [1.54, 1.807) is 0 Å². The van der Waals surface area contributed by atoms with E-state index in [1.165, 1.54) is 6.42 Å². The van der Waals surface area contributed by atoms with E-state index in [-0.39, 0.29) is 5.54 Å². The first-order valence-electron chi connectivity index (χ1n) is 6.32. The zero-order valence-electron chi connectivity index (χ0n) is 10.4. The summed E-state index contributed by atoms with van der Waals surface area (Å²) in [5.41, 5.74) is 6.00. The van der Waals surface area contributed by atoms with E-state index < -0.39 is 0 Å². The molecule has 5 nitrogen and oxygen atoms in total. The van der Waals surface area contributed by atoms with Crippen molar-refractivity contribution < 1.29 is 0 Å². The zero-order chi connectivity index (χ0) is 11.7. The van der Waals surface area contributed by atoms with Gasteiger partial charge in [0.05, 0.1) is 0 Å². The van der Waals surface area contributed by atoms with Gasteiger partial charge in [-0.15, -0.1) is 0 Å². The Labute approximate surface area is 98.9 Å². The van der Waals surface area contributed by atoms with Crippen LogP contribution in [0.4, 0.5) is 0 Å². The summed E-state index contributed by atoms with van der Waals surface area (Å²) in [6, 6.07) is 0. The Morgan fingerprint density at radius 3 is 1.69 bits per heavy atom. The summed E-state index contributed by atoms with van der Waals surface area (Å²) >= 11 is 0. The molecule has 0 aliphatic carbocycles. The fourth-order valence-corrected chi connectivity index (χ4v) is 1.75. The summed E-state index contributed by atoms with van der Waals surface area (Å²) in [5, 5.41) is 13.6. The van der Waals surface area contributed by atoms with Crippen molar-refractivity contribution in [2.75, 3.05) is 52.4 Å². The molecule has 0 radical (unpaired) electrons. The van der Waals surface area contributed by atoms with Gasteiger partial charge in [-0.3, -0.25) is 0 Å². The van der Waals surface area contributed by atoms with Crippen LogP contribution in [0.5, 0.6) is 0 Å². The molecule has 0 aromatic heterocycles. The second kappa shape index (κ2) is 7.97. The average Bonchev–Trinajstić information content (AvgIpc) is 2.24. The third-order valence-corrected chi connectivity index (χ3v) is 2.72. The lowest BCUT2D eigenvalue weighted by molar-refractivity contribution is 0.396. The van der Waals surface area contributed by atoms with E-state index in [2.05, 4.69) is 28.2 Å². The van der Waals surface area contributed by atoms with Crippen LogP contribution in [-0.4, -0.2) is 57.9 Å². The predicted molar refractivity (Wildman–Crippen MR) is 68.7 cm³/mol. The Balaban J connectivity index is 2.22. The molecular weight excluding hydrogens is 202 g/mol. The molecule has 1 saturated heterocycles. The van der Waals surface area contributed by atoms with Gasteiger partial charge in [-0.2, -0.15) is 0 Å². The fourth-order valence-electron chi connectivity index (χ4n) is 1.75. The fraction of sp³-hybridized carbons (Fsp3) is 1.00. The van der Waals surface area contributed by atoms with Crippen LogP contribution >= 0.6 is 0 Å². The molecule has 0 unspecified atom stereocenters. The van der Waals surface area contributed by atoms with Crippen LogP contribution in [0.1, 0.15) is 13.3 Å². The van der Waals surface area contributed by atoms with Gasteiger partial charge in [-0.25, -0.2) is 0 Å². The minimum absolute atomic E-state index is 0.163. The highest BCUT2D eigenvalue weighted by atomic mass is 15.0. The lowest BCUT2D eigenvalue weighted by Crippen LogP contribution is -2.54. The van der Waals surface area contributed by atoms with Crippen molar-refractivity contribution in [2.24, 2.45) is 5.73 Å². The molecule has 0 aromatic carbocycles. The maximum atomic E-state index is 6.16. The smallest absolute Gasteiger partial charge is 0.0378 e. The zero-order valence-corrected chi connectivity index (χ0v) is 10.4. The average molecular weight is 229 g/mol. The number of nitrogens with two attached hydrogens (primary N) is 1. The maximum absolute atomic E-state index is 6.16. The van der Waals surface area contributed by atoms with Crippen molar-refractivity contribution in [3.8, 4) is 0 Å². The Morgan fingerprint density at radius 2 is 1.19 bits per heavy atom. The van der Waals surface area contributed by atoms with Crippen LogP contribution < -0.4 is 27.0 Å². The van der Waals surface area contributed by atoms with Crippen molar-refractivity contribution in [2.45, 2.75) is 18.9 Å². The van der Waals surface area contributed by atoms with Gasteiger partial charge in [0.2, 0.25) is 0 Å². The Morgan fingerprint density at radius 1 is 0.750 bits per heavy atom. The van der Waals surface area contributed by atoms with E-state index in [9.17, 15) is 0 Å². The molecule has 0 atom stereocenters. The molecule has 16 heavy (non-hydrogen) atoms. The Kier molecular flexibility index (Phi) is 6.91. The molecule has 1 heterocycles. The highest BCUT2D eigenvalue weighted by Gasteiger charge is 2.16. The molecule has 0 bridgehead atoms. The van der Waals surface area contributed by atoms with Crippen LogP contribution in [0.15, 0.2) is 0 Å². The third-order valence-electron chi connectivity index (χ3n) is 2.72. The number of nitrogens with one attached hydrogen (secondary N) is 4. The van der Waals surface area contributed by atoms with Crippen molar-refractivity contribution >= 4 is 0 Å². The first-order valence-corrected chi connectivity index (χ1v) is 6.32. The van der Waals surface area contributed by atoms with E-state index in [1.807, 2.05) is 0 Å². The molecule has 0 amide bonds. The van der Waals surface area contributed by atoms with Crippen LogP contribution in [0.2, 0.25) is 0 Å². The standard InChI is InChI=1S/C11H27N5/c1-11(12)9-15-7-5-13-3-2-4-14-6-8-16-10-11/h13-16H,2-10,12H2,1H3. The molecule has 1 rings (SSSR count). The summed E-state index contributed by atoms with van der Waals surface area (Å²) in [4.78, 5) is 0. The highest BCUT2D eigenvalue weighted by Crippen LogP contribution is 1.93. The van der Waals surface area contributed by atoms with Gasteiger partial charge in [0.15, 0.2) is 0 Å². The number of hydrogen-bond acceptors (Lipinski definition) is 5. The molecule has 0 aromatic rings. The summed E-state index contributed by atoms with van der Waals surface area (Å²) in [6.07, 6.45) is 1.19. The predicted octanol–water partition coefficient (Wildman–Crippen LogP) is -1.53. The van der Waals surface area contributed by atoms with Crippen LogP contribution in [0, 0.1) is 0 Å². The molecule has 1 aliphatic rings. The van der Waals surface area contributed by atoms with E-state index >= 15 is 0 Å². The molecule has 0 saturated carbocycles. The first kappa shape index (κ1) is 13.9. The molecule has 5 heteroatoms. The quantitative estimate of drug-likeness (QED) is 0.348. The highest BCUT2D eigenvalue weighted by molar-refractivity contribution is 4.84. The molecule has 1 fully saturated rings. The van der Waals surface area contributed by atoms with Crippen LogP contribution in [0.3, 0.4) is 0 Å². The van der Waals surface area contributed by atoms with Gasteiger partial charge in [0.1, 0.15) is 0 Å². The van der Waals surface area contributed by atoms with Gasteiger partial charge >= 0.3 is 0 Å². The third kappa shape index (κ3) is 7.14. The van der Waals surface area contributed by atoms with E-state index in [0.717, 1.165) is 52.4 Å². The second-order valence-corrected chi connectivity index (χ2v) is 4.86. The van der Waals surface area contributed by atoms with Gasteiger partial charge in [-0.1, -0.05) is 0 Å². The maximum Gasteiger partial charge on any atom is 0.0378 e. The minimum atomic E-state index is -0.163. The first-order chi connectivity index (χ1) is 7.71. The molecular formula is C11H27N5. The topological polar surface area (TPSA) is 74.1 Å². The minimum Gasteiger partial charge on any atom is -0.323 e. The van der Waals surface area contributed by atoms with Crippen molar-refractivity contribution in [3.63, 3.8) is 0 Å². The van der Waals surface area contributed by atoms with Gasteiger partial charge < -0.3 is 27.0 Å². The van der Waals surface area contributed by atoms with Crippen molar-refractivity contribution in [1.29, 1.82) is 0 Å². The normalized spacial score (nSPS) is 25.9. The summed E-state index contributed by atoms with van der Waals surface area (Å²) < 4.78 is 0. The lowest BCUT2D eigenvalue weighted by Gasteiger charge is -2.26. The van der Waals surface area contributed by atoms with E-state index in [0.29, 0.717) is 0 Å². The molecule has 0 spiro atoms. The van der Waals surface area contributed by atoms with Crippen molar-refractivity contribution in [1.82, 2.24) is 21.3 Å². The molecule has 6 N–H and O–H groups in total. The Bertz CT molecular complexity index is 156. The SMILES string of the molecule is CC1(N)CNCCNCCCNCCNC1. The molecule has 1 aliphatic heterocycles.